The minimum atomic E-state index is -3.23. The molecule has 0 spiro atoms. The number of benzene rings is 4. The first-order chi connectivity index (χ1) is 21.8. The zero-order chi connectivity index (χ0) is 33.1. The van der Waals surface area contributed by atoms with E-state index in [-0.39, 0.29) is 5.41 Å². The zero-order valence-electron chi connectivity index (χ0n) is 26.8. The molecular weight excluding hydrogens is 596 g/mol. The molecule has 0 radical (unpaired) electrons. The molecule has 4 aromatic carbocycles. The quantitative estimate of drug-likeness (QED) is 0.204. The Bertz CT molecular complexity index is 1950. The zero-order valence-corrected chi connectivity index (χ0v) is 27.6. The number of carboxylic acid groups (broad SMARTS) is 1. The van der Waals surface area contributed by atoms with Gasteiger partial charge in [-0.2, -0.15) is 0 Å². The van der Waals surface area contributed by atoms with Crippen molar-refractivity contribution < 1.29 is 27.8 Å². The minimum absolute atomic E-state index is 0.0371. The third-order valence-electron chi connectivity index (χ3n) is 8.05. The van der Waals surface area contributed by atoms with Crippen LogP contribution in [0.4, 0.5) is 0 Å². The molecule has 1 atom stereocenters. The van der Waals surface area contributed by atoms with E-state index in [1.807, 2.05) is 43.3 Å². The van der Waals surface area contributed by atoms with E-state index in [1.54, 1.807) is 31.2 Å². The lowest BCUT2D eigenvalue weighted by Crippen LogP contribution is -2.11. The van der Waals surface area contributed by atoms with E-state index in [0.29, 0.717) is 29.4 Å². The minimum Gasteiger partial charge on any atom is -0.489 e. The van der Waals surface area contributed by atoms with Gasteiger partial charge in [-0.1, -0.05) is 69.0 Å². The number of fused-ring (bicyclic) bond motifs is 1. The van der Waals surface area contributed by atoms with Gasteiger partial charge >= 0.3 is 5.97 Å². The van der Waals surface area contributed by atoms with Crippen LogP contribution in [0.15, 0.2) is 95.9 Å². The summed E-state index contributed by atoms with van der Waals surface area (Å²) in [6, 6.07) is 27.3. The number of carbonyl (C=O) groups is 1. The molecule has 5 rings (SSSR count). The monoisotopic (exact) mass is 634 g/mol. The molecule has 1 heterocycles. The van der Waals surface area contributed by atoms with E-state index in [2.05, 4.69) is 63.0 Å². The summed E-state index contributed by atoms with van der Waals surface area (Å²) in [6.45, 7) is 10.1. The lowest BCUT2D eigenvalue weighted by Gasteiger charge is -2.19. The SMILES string of the molecule is Cc1cc(OCC=C(c2ccc(C#Cc3ccc4c(c3)CC(C)S4(=O)=O)cc2)c2ccc(C(C)(C)C)cc2)ccc1OCC(=O)O. The van der Waals surface area contributed by atoms with Gasteiger partial charge in [0.1, 0.15) is 18.1 Å². The van der Waals surface area contributed by atoms with Crippen LogP contribution in [0, 0.1) is 18.8 Å². The van der Waals surface area contributed by atoms with Gasteiger partial charge < -0.3 is 14.6 Å². The molecule has 1 aliphatic rings. The van der Waals surface area contributed by atoms with Crippen LogP contribution < -0.4 is 9.47 Å². The summed E-state index contributed by atoms with van der Waals surface area (Å²) in [6.07, 6.45) is 2.57. The van der Waals surface area contributed by atoms with Crippen LogP contribution in [0.25, 0.3) is 5.57 Å². The number of sulfone groups is 1. The molecule has 46 heavy (non-hydrogen) atoms. The predicted molar refractivity (Wildman–Crippen MR) is 181 cm³/mol. The second-order valence-corrected chi connectivity index (χ2v) is 14.9. The molecule has 7 heteroatoms. The van der Waals surface area contributed by atoms with Gasteiger partial charge in [-0.25, -0.2) is 13.2 Å². The van der Waals surface area contributed by atoms with E-state index in [1.165, 1.54) is 5.56 Å². The van der Waals surface area contributed by atoms with E-state index in [4.69, 9.17) is 14.6 Å². The summed E-state index contributed by atoms with van der Waals surface area (Å²) >= 11 is 0. The van der Waals surface area contributed by atoms with Gasteiger partial charge in [-0.05, 0) is 114 Å². The van der Waals surface area contributed by atoms with Crippen molar-refractivity contribution in [1.29, 1.82) is 0 Å². The predicted octanol–water partition coefficient (Wildman–Crippen LogP) is 7.38. The average molecular weight is 635 g/mol. The molecule has 1 aliphatic heterocycles. The Morgan fingerprint density at radius 3 is 2.15 bits per heavy atom. The van der Waals surface area contributed by atoms with Gasteiger partial charge in [0.25, 0.3) is 0 Å². The molecule has 0 fully saturated rings. The third-order valence-corrected chi connectivity index (χ3v) is 10.3. The topological polar surface area (TPSA) is 89.9 Å². The van der Waals surface area contributed by atoms with Crippen LogP contribution in [0.1, 0.15) is 66.6 Å². The fraction of sp³-hybridized carbons (Fsp3) is 0.256. The Morgan fingerprint density at radius 1 is 0.891 bits per heavy atom. The van der Waals surface area contributed by atoms with Gasteiger partial charge in [0, 0.05) is 11.1 Å². The number of aryl methyl sites for hydroxylation is 1. The Balaban J connectivity index is 1.37. The Kier molecular flexibility index (Phi) is 9.41. The van der Waals surface area contributed by atoms with Crippen molar-refractivity contribution in [2.45, 2.75) is 56.6 Å². The van der Waals surface area contributed by atoms with Gasteiger partial charge in [0.05, 0.1) is 10.1 Å². The number of hydrogen-bond acceptors (Lipinski definition) is 5. The normalized spacial score (nSPS) is 15.4. The molecule has 236 valence electrons. The maximum Gasteiger partial charge on any atom is 0.341 e. The molecule has 0 saturated heterocycles. The first-order valence-corrected chi connectivity index (χ1v) is 16.7. The van der Waals surface area contributed by atoms with Crippen molar-refractivity contribution in [3.8, 4) is 23.3 Å². The Morgan fingerprint density at radius 2 is 1.52 bits per heavy atom. The van der Waals surface area contributed by atoms with E-state index >= 15 is 0 Å². The van der Waals surface area contributed by atoms with Gasteiger partial charge in [0.15, 0.2) is 16.4 Å². The van der Waals surface area contributed by atoms with Crippen molar-refractivity contribution in [2.24, 2.45) is 0 Å². The van der Waals surface area contributed by atoms with Crippen LogP contribution in [-0.4, -0.2) is 38.0 Å². The maximum atomic E-state index is 12.5. The highest BCUT2D eigenvalue weighted by molar-refractivity contribution is 7.92. The van der Waals surface area contributed by atoms with Crippen LogP contribution >= 0.6 is 0 Å². The first-order valence-electron chi connectivity index (χ1n) is 15.2. The number of rotatable bonds is 8. The van der Waals surface area contributed by atoms with Gasteiger partial charge in [0.2, 0.25) is 0 Å². The summed E-state index contributed by atoms with van der Waals surface area (Å²) in [4.78, 5) is 11.3. The summed E-state index contributed by atoms with van der Waals surface area (Å²) in [7, 11) is -3.23. The summed E-state index contributed by atoms with van der Waals surface area (Å²) in [5.74, 6) is 6.54. The first kappa shape index (κ1) is 32.6. The molecule has 1 N–H and O–H groups in total. The Labute approximate surface area is 271 Å². The summed E-state index contributed by atoms with van der Waals surface area (Å²) < 4.78 is 36.3. The second kappa shape index (κ2) is 13.3. The molecule has 1 unspecified atom stereocenters. The molecule has 4 aromatic rings. The lowest BCUT2D eigenvalue weighted by atomic mass is 9.85. The van der Waals surface area contributed by atoms with E-state index < -0.39 is 27.7 Å². The highest BCUT2D eigenvalue weighted by Gasteiger charge is 2.33. The van der Waals surface area contributed by atoms with Crippen molar-refractivity contribution >= 4 is 21.4 Å². The second-order valence-electron chi connectivity index (χ2n) is 12.6. The van der Waals surface area contributed by atoms with Crippen molar-refractivity contribution in [3.05, 3.63) is 130 Å². The van der Waals surface area contributed by atoms with Crippen molar-refractivity contribution in [2.75, 3.05) is 13.2 Å². The molecular formula is C39H38O6S. The van der Waals surface area contributed by atoms with E-state index in [9.17, 15) is 13.2 Å². The molecule has 0 bridgehead atoms. The number of ether oxygens (including phenoxy) is 2. The molecule has 6 nitrogen and oxygen atoms in total. The molecule has 0 aromatic heterocycles. The Hall–Kier alpha value is -4.80. The largest absolute Gasteiger partial charge is 0.489 e. The van der Waals surface area contributed by atoms with Crippen molar-refractivity contribution in [1.82, 2.24) is 0 Å². The van der Waals surface area contributed by atoms with Gasteiger partial charge in [-0.15, -0.1) is 0 Å². The maximum absolute atomic E-state index is 12.5. The average Bonchev–Trinajstić information content (AvgIpc) is 3.24. The fourth-order valence-electron chi connectivity index (χ4n) is 5.39. The van der Waals surface area contributed by atoms with Crippen molar-refractivity contribution in [3.63, 3.8) is 0 Å². The summed E-state index contributed by atoms with van der Waals surface area (Å²) in [5, 5.41) is 8.49. The molecule has 0 amide bonds. The van der Waals surface area contributed by atoms with Crippen LogP contribution in [0.2, 0.25) is 0 Å². The number of aliphatic carboxylic acids is 1. The van der Waals surface area contributed by atoms with Crippen LogP contribution in [-0.2, 0) is 26.5 Å². The number of carboxylic acids is 1. The smallest absolute Gasteiger partial charge is 0.341 e. The highest BCUT2D eigenvalue weighted by Crippen LogP contribution is 2.32. The standard InChI is InChI=1S/C39H38O6S/c1-26-22-34(17-18-36(26)45-25-38(40)41)44-21-20-35(31-13-15-33(16-14-31)39(3,4)5)30-11-8-28(9-12-30)6-7-29-10-19-37-32(24-29)23-27(2)46(37,42)43/h8-20,22,24,27H,21,23,25H2,1-5H3,(H,40,41). The molecule has 0 aliphatic carbocycles. The lowest BCUT2D eigenvalue weighted by molar-refractivity contribution is -0.139. The number of hydrogen-bond donors (Lipinski definition) is 1. The van der Waals surface area contributed by atoms with Gasteiger partial charge in [-0.3, -0.25) is 0 Å². The van der Waals surface area contributed by atoms with E-state index in [0.717, 1.165) is 39.0 Å². The summed E-state index contributed by atoms with van der Waals surface area (Å²) in [5.41, 5.74) is 7.65. The molecule has 0 saturated carbocycles. The fourth-order valence-corrected chi connectivity index (χ4v) is 6.99. The van der Waals surface area contributed by atoms with Crippen LogP contribution in [0.3, 0.4) is 0 Å². The van der Waals surface area contributed by atoms with Crippen LogP contribution in [0.5, 0.6) is 11.5 Å². The highest BCUT2D eigenvalue weighted by atomic mass is 32.2. The third kappa shape index (κ3) is 7.52.